The van der Waals surface area contributed by atoms with Gasteiger partial charge in [0.2, 0.25) is 0 Å². The lowest BCUT2D eigenvalue weighted by Gasteiger charge is -1.98. The monoisotopic (exact) mass is 257 g/mol. The molecule has 0 saturated heterocycles. The Morgan fingerprint density at radius 2 is 1.47 bits per heavy atom. The van der Waals surface area contributed by atoms with Crippen LogP contribution in [-0.4, -0.2) is 15.1 Å². The molecule has 0 atom stereocenters. The minimum Gasteiger partial charge on any atom is -0.504 e. The van der Waals surface area contributed by atoms with Crippen molar-refractivity contribution in [2.75, 3.05) is 0 Å². The van der Waals surface area contributed by atoms with Crippen molar-refractivity contribution in [2.45, 2.75) is 0 Å². The summed E-state index contributed by atoms with van der Waals surface area (Å²) in [7, 11) is 0. The Morgan fingerprint density at radius 3 is 2.05 bits per heavy atom. The van der Waals surface area contributed by atoms with E-state index < -0.39 is 4.92 Å². The molecule has 2 rings (SSSR count). The smallest absolute Gasteiger partial charge is 0.269 e. The predicted octanol–water partition coefficient (Wildman–Crippen LogP) is 3.18. The molecule has 0 aliphatic heterocycles. The molecular weight excluding hydrogens is 246 g/mol. The first-order chi connectivity index (χ1) is 9.06. The van der Waals surface area contributed by atoms with Crippen molar-refractivity contribution in [1.82, 2.24) is 0 Å². The van der Waals surface area contributed by atoms with Crippen molar-refractivity contribution in [3.63, 3.8) is 0 Å². The summed E-state index contributed by atoms with van der Waals surface area (Å²) >= 11 is 0. The maximum Gasteiger partial charge on any atom is 0.269 e. The van der Waals surface area contributed by atoms with Crippen LogP contribution in [0.15, 0.2) is 42.5 Å². The number of rotatable bonds is 3. The second-order valence-electron chi connectivity index (χ2n) is 3.93. The molecule has 5 heteroatoms. The van der Waals surface area contributed by atoms with Crippen molar-refractivity contribution < 1.29 is 15.1 Å². The number of nitro benzene ring substituents is 1. The highest BCUT2D eigenvalue weighted by Gasteiger charge is 2.02. The SMILES string of the molecule is O=[N+]([O-])c1ccc(/C=C/c2ccc(O)c(O)c2)cc1. The molecule has 0 fully saturated rings. The summed E-state index contributed by atoms with van der Waals surface area (Å²) in [6.45, 7) is 0. The molecule has 0 aromatic heterocycles. The van der Waals surface area contributed by atoms with E-state index in [9.17, 15) is 20.3 Å². The third kappa shape index (κ3) is 3.10. The highest BCUT2D eigenvalue weighted by atomic mass is 16.6. The quantitative estimate of drug-likeness (QED) is 0.383. The van der Waals surface area contributed by atoms with E-state index in [1.807, 2.05) is 0 Å². The topological polar surface area (TPSA) is 83.6 Å². The van der Waals surface area contributed by atoms with Gasteiger partial charge < -0.3 is 10.2 Å². The summed E-state index contributed by atoms with van der Waals surface area (Å²) in [5.74, 6) is -0.363. The fourth-order valence-corrected chi connectivity index (χ4v) is 1.54. The molecule has 96 valence electrons. The lowest BCUT2D eigenvalue weighted by Crippen LogP contribution is -1.86. The van der Waals surface area contributed by atoms with Crippen LogP contribution in [0.1, 0.15) is 11.1 Å². The first-order valence-electron chi connectivity index (χ1n) is 5.51. The Kier molecular flexibility index (Phi) is 3.47. The number of non-ortho nitro benzene ring substituents is 1. The lowest BCUT2D eigenvalue weighted by atomic mass is 10.1. The van der Waals surface area contributed by atoms with Crippen molar-refractivity contribution in [3.8, 4) is 11.5 Å². The molecule has 2 aromatic rings. The van der Waals surface area contributed by atoms with Crippen LogP contribution >= 0.6 is 0 Å². The van der Waals surface area contributed by atoms with Crippen LogP contribution in [0.4, 0.5) is 5.69 Å². The largest absolute Gasteiger partial charge is 0.504 e. The van der Waals surface area contributed by atoms with Crippen LogP contribution in [0.25, 0.3) is 12.2 Å². The fraction of sp³-hybridized carbons (Fsp3) is 0. The standard InChI is InChI=1S/C14H11NO4/c16-13-8-5-11(9-14(13)17)2-1-10-3-6-12(7-4-10)15(18)19/h1-9,16-17H/b2-1+. The van der Waals surface area contributed by atoms with Crippen molar-refractivity contribution in [2.24, 2.45) is 0 Å². The highest BCUT2D eigenvalue weighted by Crippen LogP contribution is 2.25. The van der Waals surface area contributed by atoms with Crippen LogP contribution in [0, 0.1) is 10.1 Å². The number of nitro groups is 1. The van der Waals surface area contributed by atoms with Gasteiger partial charge in [-0.15, -0.1) is 0 Å². The third-order valence-electron chi connectivity index (χ3n) is 2.57. The maximum absolute atomic E-state index is 10.5. The molecule has 0 amide bonds. The van der Waals surface area contributed by atoms with Gasteiger partial charge in [0.05, 0.1) is 4.92 Å². The second kappa shape index (κ2) is 5.22. The molecule has 0 aliphatic rings. The highest BCUT2D eigenvalue weighted by molar-refractivity contribution is 5.71. The molecule has 0 bridgehead atoms. The van der Waals surface area contributed by atoms with E-state index in [0.29, 0.717) is 5.56 Å². The van der Waals surface area contributed by atoms with E-state index in [4.69, 9.17) is 0 Å². The molecule has 5 nitrogen and oxygen atoms in total. The molecule has 2 N–H and O–H groups in total. The normalized spacial score (nSPS) is 10.7. The van der Waals surface area contributed by atoms with Crippen molar-refractivity contribution >= 4 is 17.8 Å². The average Bonchev–Trinajstić information content (AvgIpc) is 2.40. The van der Waals surface area contributed by atoms with E-state index in [0.717, 1.165) is 5.56 Å². The van der Waals surface area contributed by atoms with Gasteiger partial charge in [-0.2, -0.15) is 0 Å². The Morgan fingerprint density at radius 1 is 0.895 bits per heavy atom. The summed E-state index contributed by atoms with van der Waals surface area (Å²) in [6.07, 6.45) is 3.50. The molecule has 0 saturated carbocycles. The number of hydrogen-bond acceptors (Lipinski definition) is 4. The number of hydrogen-bond donors (Lipinski definition) is 2. The first kappa shape index (κ1) is 12.6. The predicted molar refractivity (Wildman–Crippen MR) is 71.8 cm³/mol. The number of phenolic OH excluding ortho intramolecular Hbond substituents is 2. The number of phenols is 2. The molecule has 0 heterocycles. The molecule has 0 aliphatic carbocycles. The number of benzene rings is 2. The van der Waals surface area contributed by atoms with Gasteiger partial charge in [-0.3, -0.25) is 10.1 Å². The molecular formula is C14H11NO4. The second-order valence-corrected chi connectivity index (χ2v) is 3.93. The molecule has 2 aromatic carbocycles. The first-order valence-corrected chi connectivity index (χ1v) is 5.51. The number of aromatic hydroxyl groups is 2. The minimum atomic E-state index is -0.453. The zero-order valence-electron chi connectivity index (χ0n) is 9.85. The van der Waals surface area contributed by atoms with Crippen LogP contribution in [0.2, 0.25) is 0 Å². The van der Waals surface area contributed by atoms with E-state index in [1.54, 1.807) is 30.4 Å². The third-order valence-corrected chi connectivity index (χ3v) is 2.57. The van der Waals surface area contributed by atoms with Crippen LogP contribution in [-0.2, 0) is 0 Å². The van der Waals surface area contributed by atoms with Gasteiger partial charge in [0.25, 0.3) is 5.69 Å². The fourth-order valence-electron chi connectivity index (χ4n) is 1.54. The summed E-state index contributed by atoms with van der Waals surface area (Å²) in [5, 5.41) is 29.0. The van der Waals surface area contributed by atoms with E-state index >= 15 is 0 Å². The molecule has 0 unspecified atom stereocenters. The van der Waals surface area contributed by atoms with Gasteiger partial charge in [-0.05, 0) is 35.4 Å². The maximum atomic E-state index is 10.5. The zero-order valence-corrected chi connectivity index (χ0v) is 9.85. The van der Waals surface area contributed by atoms with Gasteiger partial charge >= 0.3 is 0 Å². The minimum absolute atomic E-state index is 0.0411. The van der Waals surface area contributed by atoms with E-state index in [2.05, 4.69) is 0 Å². The van der Waals surface area contributed by atoms with Crippen LogP contribution in [0.3, 0.4) is 0 Å². The van der Waals surface area contributed by atoms with E-state index in [1.165, 1.54) is 24.3 Å². The Labute approximate surface area is 109 Å². The van der Waals surface area contributed by atoms with Gasteiger partial charge in [0, 0.05) is 12.1 Å². The number of nitrogens with zero attached hydrogens (tertiary/aromatic N) is 1. The summed E-state index contributed by atoms with van der Waals surface area (Å²) in [5.41, 5.74) is 1.56. The van der Waals surface area contributed by atoms with Gasteiger partial charge in [-0.1, -0.05) is 18.2 Å². The molecule has 0 spiro atoms. The summed E-state index contributed by atoms with van der Waals surface area (Å²) in [6, 6.07) is 10.6. The van der Waals surface area contributed by atoms with Crippen LogP contribution < -0.4 is 0 Å². The van der Waals surface area contributed by atoms with Crippen molar-refractivity contribution in [1.29, 1.82) is 0 Å². The summed E-state index contributed by atoms with van der Waals surface area (Å²) < 4.78 is 0. The Hall–Kier alpha value is -2.82. The lowest BCUT2D eigenvalue weighted by molar-refractivity contribution is -0.384. The van der Waals surface area contributed by atoms with Gasteiger partial charge in [0.15, 0.2) is 11.5 Å². The van der Waals surface area contributed by atoms with Crippen LogP contribution in [0.5, 0.6) is 11.5 Å². The van der Waals surface area contributed by atoms with Gasteiger partial charge in [-0.25, -0.2) is 0 Å². The Bertz CT molecular complexity index is 632. The summed E-state index contributed by atoms with van der Waals surface area (Å²) in [4.78, 5) is 10.0. The zero-order chi connectivity index (χ0) is 13.8. The van der Waals surface area contributed by atoms with Gasteiger partial charge in [0.1, 0.15) is 0 Å². The average molecular weight is 257 g/mol. The Balaban J connectivity index is 2.17. The molecule has 19 heavy (non-hydrogen) atoms. The molecule has 0 radical (unpaired) electrons. The van der Waals surface area contributed by atoms with Crippen molar-refractivity contribution in [3.05, 3.63) is 63.7 Å². The van der Waals surface area contributed by atoms with E-state index in [-0.39, 0.29) is 17.2 Å².